The molecule has 1 aliphatic carbocycles. The molecule has 1 amide bonds. The second-order valence-electron chi connectivity index (χ2n) is 7.39. The molecule has 20 heavy (non-hydrogen) atoms. The number of amides is 1. The average molecular weight is 283 g/mol. The van der Waals surface area contributed by atoms with E-state index >= 15 is 0 Å². The van der Waals surface area contributed by atoms with Gasteiger partial charge in [0.25, 0.3) is 0 Å². The molecule has 0 saturated heterocycles. The SMILES string of the molecule is CC(C)(C)C(CCO)NC(=O)CCCC1CCCCC1. The van der Waals surface area contributed by atoms with Gasteiger partial charge < -0.3 is 10.4 Å². The van der Waals surface area contributed by atoms with Crippen LogP contribution in [0.15, 0.2) is 0 Å². The topological polar surface area (TPSA) is 49.3 Å². The van der Waals surface area contributed by atoms with Crippen molar-refractivity contribution in [1.82, 2.24) is 5.32 Å². The summed E-state index contributed by atoms with van der Waals surface area (Å²) in [5.41, 5.74) is 0.00175. The zero-order chi connectivity index (χ0) is 15.0. The summed E-state index contributed by atoms with van der Waals surface area (Å²) in [6, 6.07) is 0.0645. The lowest BCUT2D eigenvalue weighted by Crippen LogP contribution is -2.44. The summed E-state index contributed by atoms with van der Waals surface area (Å²) in [7, 11) is 0. The number of aliphatic hydroxyl groups is 1. The Hall–Kier alpha value is -0.570. The average Bonchev–Trinajstić information content (AvgIpc) is 2.38. The molecule has 0 aromatic heterocycles. The van der Waals surface area contributed by atoms with E-state index in [2.05, 4.69) is 26.1 Å². The number of nitrogens with one attached hydrogen (secondary N) is 1. The molecule has 0 radical (unpaired) electrons. The van der Waals surface area contributed by atoms with Gasteiger partial charge in [-0.2, -0.15) is 0 Å². The Kier molecular flexibility index (Phi) is 7.57. The van der Waals surface area contributed by atoms with Crippen molar-refractivity contribution in [3.05, 3.63) is 0 Å². The molecule has 3 nitrogen and oxygen atoms in total. The van der Waals surface area contributed by atoms with E-state index in [0.717, 1.165) is 12.3 Å². The van der Waals surface area contributed by atoms with Crippen LogP contribution >= 0.6 is 0 Å². The molecule has 1 atom stereocenters. The lowest BCUT2D eigenvalue weighted by atomic mass is 9.84. The molecule has 3 heteroatoms. The second-order valence-corrected chi connectivity index (χ2v) is 7.39. The van der Waals surface area contributed by atoms with E-state index in [1.165, 1.54) is 38.5 Å². The van der Waals surface area contributed by atoms with Gasteiger partial charge in [0.2, 0.25) is 5.91 Å². The number of rotatable bonds is 7. The highest BCUT2D eigenvalue weighted by atomic mass is 16.3. The molecule has 0 bridgehead atoms. The third-order valence-electron chi connectivity index (χ3n) is 4.54. The van der Waals surface area contributed by atoms with Crippen LogP contribution in [-0.4, -0.2) is 23.7 Å². The first-order valence-corrected chi connectivity index (χ1v) is 8.33. The maximum absolute atomic E-state index is 12.0. The molecular formula is C17H33NO2. The first-order valence-electron chi connectivity index (χ1n) is 8.33. The van der Waals surface area contributed by atoms with E-state index < -0.39 is 0 Å². The predicted octanol–water partition coefficient (Wildman–Crippen LogP) is 3.65. The van der Waals surface area contributed by atoms with Crippen molar-refractivity contribution in [2.75, 3.05) is 6.61 Å². The fraction of sp³-hybridized carbons (Fsp3) is 0.941. The molecule has 0 heterocycles. The Morgan fingerprint density at radius 1 is 1.25 bits per heavy atom. The largest absolute Gasteiger partial charge is 0.396 e. The zero-order valence-electron chi connectivity index (χ0n) is 13.6. The van der Waals surface area contributed by atoms with E-state index in [0.29, 0.717) is 12.8 Å². The van der Waals surface area contributed by atoms with E-state index in [-0.39, 0.29) is 24.0 Å². The summed E-state index contributed by atoms with van der Waals surface area (Å²) in [4.78, 5) is 12.0. The van der Waals surface area contributed by atoms with Gasteiger partial charge in [0, 0.05) is 19.1 Å². The molecule has 1 aliphatic rings. The first kappa shape index (κ1) is 17.5. The van der Waals surface area contributed by atoms with Crippen LogP contribution in [0, 0.1) is 11.3 Å². The van der Waals surface area contributed by atoms with Gasteiger partial charge in [0.1, 0.15) is 0 Å². The molecule has 1 rings (SSSR count). The summed E-state index contributed by atoms with van der Waals surface area (Å²) in [5, 5.41) is 12.2. The summed E-state index contributed by atoms with van der Waals surface area (Å²) in [6.45, 7) is 6.45. The van der Waals surface area contributed by atoms with Gasteiger partial charge in [-0.25, -0.2) is 0 Å². The Morgan fingerprint density at radius 3 is 2.45 bits per heavy atom. The number of carbonyl (C=O) groups excluding carboxylic acids is 1. The number of hydrogen-bond acceptors (Lipinski definition) is 2. The van der Waals surface area contributed by atoms with Crippen LogP contribution in [0.25, 0.3) is 0 Å². The lowest BCUT2D eigenvalue weighted by molar-refractivity contribution is -0.122. The standard InChI is InChI=1S/C17H33NO2/c1-17(2,3)15(12-13-19)18-16(20)11-7-10-14-8-5-4-6-9-14/h14-15,19H,4-13H2,1-3H3,(H,18,20). The van der Waals surface area contributed by atoms with E-state index in [4.69, 9.17) is 5.11 Å². The Morgan fingerprint density at radius 2 is 1.90 bits per heavy atom. The van der Waals surface area contributed by atoms with Crippen LogP contribution in [0.3, 0.4) is 0 Å². The highest BCUT2D eigenvalue weighted by Crippen LogP contribution is 2.27. The van der Waals surface area contributed by atoms with Gasteiger partial charge in [0.15, 0.2) is 0 Å². The molecule has 1 saturated carbocycles. The smallest absolute Gasteiger partial charge is 0.220 e. The second kappa shape index (κ2) is 8.66. The molecule has 1 unspecified atom stereocenters. The van der Waals surface area contributed by atoms with E-state index in [1.807, 2.05) is 0 Å². The van der Waals surface area contributed by atoms with Crippen LogP contribution in [0.5, 0.6) is 0 Å². The maximum Gasteiger partial charge on any atom is 0.220 e. The number of hydrogen-bond donors (Lipinski definition) is 2. The molecular weight excluding hydrogens is 250 g/mol. The summed E-state index contributed by atoms with van der Waals surface area (Å²) in [6.07, 6.45) is 10.3. The Bertz CT molecular complexity index is 277. The molecule has 0 aromatic carbocycles. The third kappa shape index (κ3) is 6.74. The number of aliphatic hydroxyl groups excluding tert-OH is 1. The summed E-state index contributed by atoms with van der Waals surface area (Å²) in [5.74, 6) is 1.00. The molecule has 1 fully saturated rings. The van der Waals surface area contributed by atoms with Gasteiger partial charge in [-0.1, -0.05) is 52.9 Å². The molecule has 0 aliphatic heterocycles. The molecule has 118 valence electrons. The highest BCUT2D eigenvalue weighted by Gasteiger charge is 2.25. The fourth-order valence-corrected chi connectivity index (χ4v) is 3.14. The highest BCUT2D eigenvalue weighted by molar-refractivity contribution is 5.76. The third-order valence-corrected chi connectivity index (χ3v) is 4.54. The molecule has 2 N–H and O–H groups in total. The first-order chi connectivity index (χ1) is 9.43. The fourth-order valence-electron chi connectivity index (χ4n) is 3.14. The van der Waals surface area contributed by atoms with Crippen LogP contribution in [0.2, 0.25) is 0 Å². The van der Waals surface area contributed by atoms with Crippen LogP contribution in [0.4, 0.5) is 0 Å². The van der Waals surface area contributed by atoms with Crippen LogP contribution in [-0.2, 0) is 4.79 Å². The van der Waals surface area contributed by atoms with Gasteiger partial charge >= 0.3 is 0 Å². The lowest BCUT2D eigenvalue weighted by Gasteiger charge is -2.31. The zero-order valence-corrected chi connectivity index (χ0v) is 13.6. The van der Waals surface area contributed by atoms with Crippen molar-refractivity contribution >= 4 is 5.91 Å². The summed E-state index contributed by atoms with van der Waals surface area (Å²) >= 11 is 0. The van der Waals surface area contributed by atoms with Crippen LogP contribution < -0.4 is 5.32 Å². The van der Waals surface area contributed by atoms with Gasteiger partial charge in [0.05, 0.1) is 0 Å². The van der Waals surface area contributed by atoms with Crippen LogP contribution in [0.1, 0.15) is 78.6 Å². The van der Waals surface area contributed by atoms with Gasteiger partial charge in [-0.05, 0) is 30.6 Å². The minimum Gasteiger partial charge on any atom is -0.396 e. The minimum absolute atomic E-state index is 0.00175. The van der Waals surface area contributed by atoms with Crippen molar-refractivity contribution in [1.29, 1.82) is 0 Å². The summed E-state index contributed by atoms with van der Waals surface area (Å²) < 4.78 is 0. The van der Waals surface area contributed by atoms with Gasteiger partial charge in [-0.15, -0.1) is 0 Å². The molecule has 0 aromatic rings. The van der Waals surface area contributed by atoms with E-state index in [1.54, 1.807) is 0 Å². The maximum atomic E-state index is 12.0. The Labute approximate surface area is 124 Å². The normalized spacial score (nSPS) is 18.8. The van der Waals surface area contributed by atoms with Gasteiger partial charge in [-0.3, -0.25) is 4.79 Å². The predicted molar refractivity (Wildman–Crippen MR) is 83.5 cm³/mol. The van der Waals surface area contributed by atoms with Crippen molar-refractivity contribution in [2.45, 2.75) is 84.6 Å². The quantitative estimate of drug-likeness (QED) is 0.749. The van der Waals surface area contributed by atoms with Crippen molar-refractivity contribution in [3.63, 3.8) is 0 Å². The molecule has 0 spiro atoms. The Balaban J connectivity index is 2.23. The number of carbonyl (C=O) groups is 1. The van der Waals surface area contributed by atoms with Crippen molar-refractivity contribution < 1.29 is 9.90 Å². The minimum atomic E-state index is 0.00175. The van der Waals surface area contributed by atoms with Crippen molar-refractivity contribution in [2.24, 2.45) is 11.3 Å². The van der Waals surface area contributed by atoms with Crippen molar-refractivity contribution in [3.8, 4) is 0 Å². The van der Waals surface area contributed by atoms with E-state index in [9.17, 15) is 4.79 Å². The monoisotopic (exact) mass is 283 g/mol.